The van der Waals surface area contributed by atoms with Crippen molar-refractivity contribution in [2.45, 2.75) is 4.34 Å². The minimum atomic E-state index is -0.931. The van der Waals surface area contributed by atoms with Gasteiger partial charge in [-0.3, -0.25) is 14.9 Å². The number of carbonyl (C=O) groups excluding carboxylic acids is 1. The predicted octanol–water partition coefficient (Wildman–Crippen LogP) is 2.04. The van der Waals surface area contributed by atoms with Crippen molar-refractivity contribution in [2.24, 2.45) is 0 Å². The first-order chi connectivity index (χ1) is 9.60. The third-order valence-electron chi connectivity index (χ3n) is 2.00. The van der Waals surface area contributed by atoms with E-state index in [2.05, 4.69) is 15.5 Å². The van der Waals surface area contributed by atoms with Gasteiger partial charge in [-0.1, -0.05) is 23.1 Å². The van der Waals surface area contributed by atoms with E-state index in [9.17, 15) is 9.59 Å². The average Bonchev–Trinajstić information content (AvgIpc) is 3.04. The molecule has 7 nitrogen and oxygen atoms in total. The highest BCUT2D eigenvalue weighted by Gasteiger charge is 2.16. The number of anilines is 1. The van der Waals surface area contributed by atoms with Gasteiger partial charge < -0.3 is 9.84 Å². The van der Waals surface area contributed by atoms with Crippen molar-refractivity contribution in [1.82, 2.24) is 10.2 Å². The number of rotatable bonds is 6. The first-order valence-electron chi connectivity index (χ1n) is 5.21. The molecule has 10 heteroatoms. The van der Waals surface area contributed by atoms with Gasteiger partial charge in [0.2, 0.25) is 5.13 Å². The molecule has 2 rings (SSSR count). The predicted molar refractivity (Wildman–Crippen MR) is 77.1 cm³/mol. The van der Waals surface area contributed by atoms with Crippen molar-refractivity contribution in [1.29, 1.82) is 0 Å². The number of thiophene rings is 1. The molecule has 0 saturated heterocycles. The van der Waals surface area contributed by atoms with Crippen LogP contribution in [0.25, 0.3) is 0 Å². The molecular weight excluding hydrogens is 322 g/mol. The van der Waals surface area contributed by atoms with Crippen LogP contribution in [0.2, 0.25) is 0 Å². The minimum Gasteiger partial charge on any atom is -0.495 e. The van der Waals surface area contributed by atoms with Gasteiger partial charge in [-0.25, -0.2) is 0 Å². The van der Waals surface area contributed by atoms with Crippen LogP contribution in [-0.2, 0) is 4.79 Å². The summed E-state index contributed by atoms with van der Waals surface area (Å²) in [5, 5.41) is 20.8. The second-order valence-corrected chi connectivity index (χ2v) is 6.44. The third-order valence-corrected chi connectivity index (χ3v) is 4.85. The zero-order chi connectivity index (χ0) is 14.5. The van der Waals surface area contributed by atoms with Gasteiger partial charge in [0.1, 0.15) is 10.6 Å². The number of methoxy groups -OCH3 is 1. The number of hydrogen-bond donors (Lipinski definition) is 2. The van der Waals surface area contributed by atoms with Gasteiger partial charge in [0.05, 0.1) is 12.9 Å². The summed E-state index contributed by atoms with van der Waals surface area (Å²) in [7, 11) is 1.49. The number of aliphatic carboxylic acids is 1. The molecule has 0 fully saturated rings. The number of carboxylic acids is 1. The van der Waals surface area contributed by atoms with E-state index in [1.54, 1.807) is 11.4 Å². The first-order valence-corrected chi connectivity index (χ1v) is 7.89. The first kappa shape index (κ1) is 14.8. The normalized spacial score (nSPS) is 10.2. The van der Waals surface area contributed by atoms with Crippen molar-refractivity contribution in [3.05, 3.63) is 16.3 Å². The summed E-state index contributed by atoms with van der Waals surface area (Å²) in [6.07, 6.45) is 0. The summed E-state index contributed by atoms with van der Waals surface area (Å²) < 4.78 is 5.55. The quantitative estimate of drug-likeness (QED) is 0.617. The van der Waals surface area contributed by atoms with E-state index in [1.165, 1.54) is 18.4 Å². The maximum absolute atomic E-state index is 12.0. The Hall–Kier alpha value is -1.65. The van der Waals surface area contributed by atoms with Crippen LogP contribution >= 0.6 is 34.4 Å². The standard InChI is InChI=1S/C10H9N3O4S3/c1-17-5-2-3-18-7(5)8(16)11-9-12-13-10(20-9)19-4-6(14)15/h2-3H,4H2,1H3,(H,14,15)(H,11,12,16). The number of thioether (sulfide) groups is 1. The SMILES string of the molecule is COc1ccsc1C(=O)Nc1nnc(SCC(=O)O)s1. The monoisotopic (exact) mass is 331 g/mol. The number of nitrogens with one attached hydrogen (secondary N) is 1. The maximum atomic E-state index is 12.0. The molecule has 0 bridgehead atoms. The highest BCUT2D eigenvalue weighted by atomic mass is 32.2. The Kier molecular flexibility index (Phi) is 4.93. The summed E-state index contributed by atoms with van der Waals surface area (Å²) in [5.74, 6) is -0.860. The molecule has 0 aliphatic heterocycles. The molecule has 0 unspecified atom stereocenters. The highest BCUT2D eigenvalue weighted by molar-refractivity contribution is 8.01. The second-order valence-electron chi connectivity index (χ2n) is 3.33. The lowest BCUT2D eigenvalue weighted by Gasteiger charge is -2.01. The van der Waals surface area contributed by atoms with E-state index in [0.29, 0.717) is 20.1 Å². The Labute approximate surface area is 126 Å². The summed E-state index contributed by atoms with van der Waals surface area (Å²) in [5.41, 5.74) is 0. The molecule has 0 atom stereocenters. The van der Waals surface area contributed by atoms with Crippen molar-refractivity contribution >= 4 is 51.4 Å². The molecule has 2 aromatic rings. The Morgan fingerprint density at radius 2 is 2.30 bits per heavy atom. The molecule has 2 N–H and O–H groups in total. The minimum absolute atomic E-state index is 0.0959. The van der Waals surface area contributed by atoms with Crippen molar-refractivity contribution in [3.63, 3.8) is 0 Å². The van der Waals surface area contributed by atoms with Gasteiger partial charge >= 0.3 is 5.97 Å². The van der Waals surface area contributed by atoms with Crippen LogP contribution in [0.15, 0.2) is 15.8 Å². The van der Waals surface area contributed by atoms with E-state index in [1.807, 2.05) is 0 Å². The molecule has 0 aromatic carbocycles. The van der Waals surface area contributed by atoms with Gasteiger partial charge in [-0.15, -0.1) is 21.5 Å². The van der Waals surface area contributed by atoms with E-state index < -0.39 is 5.97 Å². The molecule has 20 heavy (non-hydrogen) atoms. The lowest BCUT2D eigenvalue weighted by molar-refractivity contribution is -0.133. The highest BCUT2D eigenvalue weighted by Crippen LogP contribution is 2.28. The summed E-state index contributed by atoms with van der Waals surface area (Å²) in [4.78, 5) is 22.9. The van der Waals surface area contributed by atoms with Gasteiger partial charge in [-0.2, -0.15) is 0 Å². The molecule has 0 spiro atoms. The van der Waals surface area contributed by atoms with Crippen LogP contribution in [0.3, 0.4) is 0 Å². The summed E-state index contributed by atoms with van der Waals surface area (Å²) >= 11 is 3.44. The lowest BCUT2D eigenvalue weighted by atomic mass is 10.4. The van der Waals surface area contributed by atoms with Crippen molar-refractivity contribution in [2.75, 3.05) is 18.2 Å². The maximum Gasteiger partial charge on any atom is 0.313 e. The topological polar surface area (TPSA) is 101 Å². The van der Waals surface area contributed by atoms with Crippen LogP contribution in [-0.4, -0.2) is 40.0 Å². The van der Waals surface area contributed by atoms with Crippen molar-refractivity contribution < 1.29 is 19.4 Å². The molecule has 0 radical (unpaired) electrons. The lowest BCUT2D eigenvalue weighted by Crippen LogP contribution is -2.10. The number of ether oxygens (including phenoxy) is 1. The Morgan fingerprint density at radius 3 is 3.00 bits per heavy atom. The Morgan fingerprint density at radius 1 is 1.50 bits per heavy atom. The smallest absolute Gasteiger partial charge is 0.313 e. The third kappa shape index (κ3) is 3.68. The van der Waals surface area contributed by atoms with Crippen LogP contribution in [0.4, 0.5) is 5.13 Å². The number of carboxylic acid groups (broad SMARTS) is 1. The molecule has 0 saturated carbocycles. The molecule has 0 aliphatic carbocycles. The number of aromatic nitrogens is 2. The molecule has 2 aromatic heterocycles. The summed E-state index contributed by atoms with van der Waals surface area (Å²) in [6.45, 7) is 0. The number of carbonyl (C=O) groups is 2. The second kappa shape index (κ2) is 6.68. The molecular formula is C10H9N3O4S3. The number of hydrogen-bond acceptors (Lipinski definition) is 8. The Bertz CT molecular complexity index is 625. The fourth-order valence-electron chi connectivity index (χ4n) is 1.22. The largest absolute Gasteiger partial charge is 0.495 e. The fraction of sp³-hybridized carbons (Fsp3) is 0.200. The van der Waals surface area contributed by atoms with Crippen LogP contribution < -0.4 is 10.1 Å². The zero-order valence-electron chi connectivity index (χ0n) is 10.2. The van der Waals surface area contributed by atoms with Gasteiger partial charge in [0.25, 0.3) is 5.91 Å². The van der Waals surface area contributed by atoms with E-state index in [0.717, 1.165) is 23.1 Å². The number of nitrogens with zero attached hydrogens (tertiary/aromatic N) is 2. The summed E-state index contributed by atoms with van der Waals surface area (Å²) in [6, 6.07) is 1.70. The van der Waals surface area contributed by atoms with E-state index in [4.69, 9.17) is 9.84 Å². The van der Waals surface area contributed by atoms with Gasteiger partial charge in [-0.05, 0) is 11.4 Å². The average molecular weight is 331 g/mol. The van der Waals surface area contributed by atoms with Gasteiger partial charge in [0, 0.05) is 0 Å². The van der Waals surface area contributed by atoms with Crippen LogP contribution in [0, 0.1) is 0 Å². The van der Waals surface area contributed by atoms with Crippen LogP contribution in [0.1, 0.15) is 9.67 Å². The van der Waals surface area contributed by atoms with E-state index >= 15 is 0 Å². The molecule has 1 amide bonds. The fourth-order valence-corrected chi connectivity index (χ4v) is 3.44. The van der Waals surface area contributed by atoms with Crippen LogP contribution in [0.5, 0.6) is 5.75 Å². The van der Waals surface area contributed by atoms with Crippen molar-refractivity contribution in [3.8, 4) is 5.75 Å². The molecule has 0 aliphatic rings. The molecule has 2 heterocycles. The Balaban J connectivity index is 2.00. The zero-order valence-corrected chi connectivity index (χ0v) is 12.6. The van der Waals surface area contributed by atoms with Gasteiger partial charge in [0.15, 0.2) is 4.34 Å². The number of amides is 1. The van der Waals surface area contributed by atoms with E-state index in [-0.39, 0.29) is 11.7 Å². The molecule has 106 valence electrons.